The van der Waals surface area contributed by atoms with E-state index in [2.05, 4.69) is 63.8 Å². The Morgan fingerprint density at radius 1 is 0.905 bits per heavy atom. The van der Waals surface area contributed by atoms with Gasteiger partial charge in [0.2, 0.25) is 0 Å². The molecule has 1 atom stereocenters. The van der Waals surface area contributed by atoms with Gasteiger partial charge in [-0.3, -0.25) is 0 Å². The lowest BCUT2D eigenvalue weighted by molar-refractivity contribution is 0.535. The summed E-state index contributed by atoms with van der Waals surface area (Å²) >= 11 is 0. The maximum absolute atomic E-state index is 6.10. The van der Waals surface area contributed by atoms with Crippen molar-refractivity contribution in [3.05, 3.63) is 29.8 Å². The SMILES string of the molecule is CC[C@H](N)c1ccc(N(CCC(C)C)CCC(C)C)cc1. The van der Waals surface area contributed by atoms with Crippen LogP contribution in [0.4, 0.5) is 5.69 Å². The second kappa shape index (κ2) is 9.09. The molecule has 1 aromatic rings. The molecule has 0 aliphatic rings. The molecule has 1 aromatic carbocycles. The highest BCUT2D eigenvalue weighted by Gasteiger charge is 2.10. The van der Waals surface area contributed by atoms with Crippen molar-refractivity contribution in [1.29, 1.82) is 0 Å². The predicted molar refractivity (Wildman–Crippen MR) is 94.8 cm³/mol. The molecule has 0 fully saturated rings. The van der Waals surface area contributed by atoms with Crippen LogP contribution >= 0.6 is 0 Å². The first-order valence-electron chi connectivity index (χ1n) is 8.54. The van der Waals surface area contributed by atoms with Crippen LogP contribution in [0.15, 0.2) is 24.3 Å². The van der Waals surface area contributed by atoms with Gasteiger partial charge < -0.3 is 10.6 Å². The zero-order valence-corrected chi connectivity index (χ0v) is 14.6. The van der Waals surface area contributed by atoms with E-state index in [1.54, 1.807) is 0 Å². The summed E-state index contributed by atoms with van der Waals surface area (Å²) < 4.78 is 0. The van der Waals surface area contributed by atoms with Gasteiger partial charge >= 0.3 is 0 Å². The molecule has 0 spiro atoms. The fraction of sp³-hybridized carbons (Fsp3) is 0.684. The van der Waals surface area contributed by atoms with Gasteiger partial charge in [-0.1, -0.05) is 46.8 Å². The number of benzene rings is 1. The maximum Gasteiger partial charge on any atom is 0.0366 e. The summed E-state index contributed by atoms with van der Waals surface area (Å²) in [6.07, 6.45) is 3.48. The molecule has 120 valence electrons. The molecule has 1 rings (SSSR count). The molecule has 21 heavy (non-hydrogen) atoms. The molecule has 2 N–H and O–H groups in total. The van der Waals surface area contributed by atoms with Crippen molar-refractivity contribution in [3.8, 4) is 0 Å². The standard InChI is InChI=1S/C19H34N2/c1-6-19(20)17-7-9-18(10-8-17)21(13-11-15(2)3)14-12-16(4)5/h7-10,15-16,19H,6,11-14,20H2,1-5H3/t19-/m0/s1. The third-order valence-electron chi connectivity index (χ3n) is 4.08. The molecular weight excluding hydrogens is 256 g/mol. The highest BCUT2D eigenvalue weighted by Crippen LogP contribution is 2.21. The van der Waals surface area contributed by atoms with E-state index in [0.717, 1.165) is 31.3 Å². The van der Waals surface area contributed by atoms with Gasteiger partial charge in [0.05, 0.1) is 0 Å². The maximum atomic E-state index is 6.10. The molecule has 2 nitrogen and oxygen atoms in total. The van der Waals surface area contributed by atoms with Gasteiger partial charge in [0, 0.05) is 24.8 Å². The molecule has 0 amide bonds. The summed E-state index contributed by atoms with van der Waals surface area (Å²) in [6, 6.07) is 9.04. The van der Waals surface area contributed by atoms with Crippen LogP contribution in [0.5, 0.6) is 0 Å². The van der Waals surface area contributed by atoms with Crippen LogP contribution in [0, 0.1) is 11.8 Å². The lowest BCUT2D eigenvalue weighted by Crippen LogP contribution is -2.27. The van der Waals surface area contributed by atoms with Gasteiger partial charge in [-0.15, -0.1) is 0 Å². The van der Waals surface area contributed by atoms with E-state index in [9.17, 15) is 0 Å². The van der Waals surface area contributed by atoms with E-state index in [1.807, 2.05) is 0 Å². The molecule has 0 saturated heterocycles. The molecule has 0 aliphatic heterocycles. The van der Waals surface area contributed by atoms with Crippen molar-refractivity contribution in [3.63, 3.8) is 0 Å². The van der Waals surface area contributed by atoms with Crippen molar-refractivity contribution in [2.45, 2.75) is 59.9 Å². The highest BCUT2D eigenvalue weighted by atomic mass is 15.1. The molecule has 0 aromatic heterocycles. The largest absolute Gasteiger partial charge is 0.372 e. The topological polar surface area (TPSA) is 29.3 Å². The lowest BCUT2D eigenvalue weighted by Gasteiger charge is -2.27. The fourth-order valence-electron chi connectivity index (χ4n) is 2.37. The summed E-state index contributed by atoms with van der Waals surface area (Å²) in [6.45, 7) is 13.6. The monoisotopic (exact) mass is 290 g/mol. The van der Waals surface area contributed by atoms with E-state index in [-0.39, 0.29) is 6.04 Å². The fourth-order valence-corrected chi connectivity index (χ4v) is 2.37. The summed E-state index contributed by atoms with van der Waals surface area (Å²) in [4.78, 5) is 2.53. The number of hydrogen-bond acceptors (Lipinski definition) is 2. The van der Waals surface area contributed by atoms with Crippen molar-refractivity contribution in [1.82, 2.24) is 0 Å². The van der Waals surface area contributed by atoms with E-state index in [0.29, 0.717) is 0 Å². The minimum absolute atomic E-state index is 0.166. The first-order valence-corrected chi connectivity index (χ1v) is 8.54. The van der Waals surface area contributed by atoms with E-state index in [1.165, 1.54) is 24.1 Å². The third-order valence-corrected chi connectivity index (χ3v) is 4.08. The number of anilines is 1. The van der Waals surface area contributed by atoms with E-state index in [4.69, 9.17) is 5.73 Å². The molecule has 0 bridgehead atoms. The zero-order chi connectivity index (χ0) is 15.8. The summed E-state index contributed by atoms with van der Waals surface area (Å²) in [5.41, 5.74) is 8.68. The molecule has 2 heteroatoms. The normalized spacial score (nSPS) is 13.0. The average molecular weight is 290 g/mol. The second-order valence-corrected chi connectivity index (χ2v) is 6.96. The zero-order valence-electron chi connectivity index (χ0n) is 14.6. The van der Waals surface area contributed by atoms with Crippen LogP contribution in [-0.2, 0) is 0 Å². The number of hydrogen-bond donors (Lipinski definition) is 1. The first kappa shape index (κ1) is 18.0. The Labute approximate surface area is 131 Å². The van der Waals surface area contributed by atoms with Crippen LogP contribution in [0.1, 0.15) is 65.5 Å². The molecule has 0 saturated carbocycles. The van der Waals surface area contributed by atoms with Crippen molar-refractivity contribution >= 4 is 5.69 Å². The molecule has 0 aliphatic carbocycles. The summed E-state index contributed by atoms with van der Waals surface area (Å²) in [5.74, 6) is 1.50. The lowest BCUT2D eigenvalue weighted by atomic mass is 10.0. The van der Waals surface area contributed by atoms with Crippen molar-refractivity contribution in [2.24, 2.45) is 17.6 Å². The number of nitrogens with two attached hydrogens (primary N) is 1. The Morgan fingerprint density at radius 2 is 1.38 bits per heavy atom. The first-order chi connectivity index (χ1) is 9.93. The Morgan fingerprint density at radius 3 is 1.76 bits per heavy atom. The third kappa shape index (κ3) is 6.52. The summed E-state index contributed by atoms with van der Waals surface area (Å²) in [7, 11) is 0. The van der Waals surface area contributed by atoms with Gasteiger partial charge in [-0.2, -0.15) is 0 Å². The van der Waals surface area contributed by atoms with Gasteiger partial charge in [0.15, 0.2) is 0 Å². The highest BCUT2D eigenvalue weighted by molar-refractivity contribution is 5.48. The predicted octanol–water partition coefficient (Wildman–Crippen LogP) is 5.00. The average Bonchev–Trinajstić information content (AvgIpc) is 2.46. The molecule has 0 heterocycles. The van der Waals surface area contributed by atoms with Crippen LogP contribution in [0.3, 0.4) is 0 Å². The van der Waals surface area contributed by atoms with Gasteiger partial charge in [-0.25, -0.2) is 0 Å². The van der Waals surface area contributed by atoms with Crippen LogP contribution in [0.25, 0.3) is 0 Å². The molecular formula is C19H34N2. The van der Waals surface area contributed by atoms with Crippen LogP contribution < -0.4 is 10.6 Å². The number of nitrogens with zero attached hydrogens (tertiary/aromatic N) is 1. The van der Waals surface area contributed by atoms with Gasteiger partial charge in [0.25, 0.3) is 0 Å². The van der Waals surface area contributed by atoms with Crippen molar-refractivity contribution < 1.29 is 0 Å². The van der Waals surface area contributed by atoms with Crippen molar-refractivity contribution in [2.75, 3.05) is 18.0 Å². The van der Waals surface area contributed by atoms with E-state index >= 15 is 0 Å². The van der Waals surface area contributed by atoms with Gasteiger partial charge in [0.1, 0.15) is 0 Å². The minimum Gasteiger partial charge on any atom is -0.372 e. The Balaban J connectivity index is 2.75. The second-order valence-electron chi connectivity index (χ2n) is 6.96. The van der Waals surface area contributed by atoms with E-state index < -0.39 is 0 Å². The van der Waals surface area contributed by atoms with Crippen LogP contribution in [0.2, 0.25) is 0 Å². The summed E-state index contributed by atoms with van der Waals surface area (Å²) in [5, 5.41) is 0. The van der Waals surface area contributed by atoms with Crippen LogP contribution in [-0.4, -0.2) is 13.1 Å². The smallest absolute Gasteiger partial charge is 0.0366 e. The quantitative estimate of drug-likeness (QED) is 0.694. The molecule has 0 radical (unpaired) electrons. The minimum atomic E-state index is 0.166. The number of rotatable bonds is 9. The van der Waals surface area contributed by atoms with Gasteiger partial charge in [-0.05, 0) is 48.8 Å². The Kier molecular flexibility index (Phi) is 7.81. The Hall–Kier alpha value is -1.02. The Bertz CT molecular complexity index is 369. The molecule has 0 unspecified atom stereocenters.